The van der Waals surface area contributed by atoms with Crippen molar-refractivity contribution >= 4 is 5.91 Å². The highest BCUT2D eigenvalue weighted by atomic mass is 19.1. The highest BCUT2D eigenvalue weighted by Crippen LogP contribution is 2.48. The van der Waals surface area contributed by atoms with Crippen LogP contribution in [0.4, 0.5) is 4.39 Å². The monoisotopic (exact) mass is 346 g/mol. The van der Waals surface area contributed by atoms with Crippen LogP contribution in [-0.2, 0) is 9.53 Å². The Hall–Kier alpha value is -1.46. The lowest BCUT2D eigenvalue weighted by Gasteiger charge is -2.37. The largest absolute Gasteiger partial charge is 0.379 e. The number of hydrogen-bond acceptors (Lipinski definition) is 3. The molecule has 1 amide bonds. The van der Waals surface area contributed by atoms with E-state index in [4.69, 9.17) is 4.74 Å². The molecule has 3 atom stereocenters. The topological polar surface area (TPSA) is 32.8 Å². The molecule has 0 aromatic heterocycles. The maximum Gasteiger partial charge on any atom is 0.226 e. The number of amides is 1. The number of carbonyl (C=O) groups is 1. The number of halogens is 1. The molecule has 1 saturated carbocycles. The van der Waals surface area contributed by atoms with Crippen molar-refractivity contribution in [3.63, 3.8) is 0 Å². The van der Waals surface area contributed by atoms with Gasteiger partial charge in [0.15, 0.2) is 0 Å². The zero-order valence-corrected chi connectivity index (χ0v) is 14.7. The summed E-state index contributed by atoms with van der Waals surface area (Å²) in [6.07, 6.45) is 3.17. The van der Waals surface area contributed by atoms with Gasteiger partial charge in [0.1, 0.15) is 5.82 Å². The molecule has 4 rings (SSSR count). The van der Waals surface area contributed by atoms with Crippen molar-refractivity contribution in [3.05, 3.63) is 35.6 Å². The minimum Gasteiger partial charge on any atom is -0.379 e. The Morgan fingerprint density at radius 3 is 2.88 bits per heavy atom. The molecule has 5 heteroatoms. The first-order chi connectivity index (χ1) is 12.2. The summed E-state index contributed by atoms with van der Waals surface area (Å²) in [5.41, 5.74) is 0.972. The van der Waals surface area contributed by atoms with E-state index in [1.54, 1.807) is 12.1 Å². The number of likely N-dealkylation sites (tertiary alicyclic amines) is 1. The van der Waals surface area contributed by atoms with Crippen LogP contribution < -0.4 is 0 Å². The van der Waals surface area contributed by atoms with Crippen molar-refractivity contribution in [2.75, 3.05) is 45.9 Å². The van der Waals surface area contributed by atoms with E-state index in [2.05, 4.69) is 9.80 Å². The Balaban J connectivity index is 1.31. The number of hydrogen-bond donors (Lipinski definition) is 0. The first-order valence-electron chi connectivity index (χ1n) is 9.55. The van der Waals surface area contributed by atoms with E-state index in [1.807, 2.05) is 6.07 Å². The summed E-state index contributed by atoms with van der Waals surface area (Å²) in [7, 11) is 0. The minimum atomic E-state index is -0.209. The van der Waals surface area contributed by atoms with Crippen LogP contribution in [0.25, 0.3) is 0 Å². The fourth-order valence-corrected chi connectivity index (χ4v) is 4.37. The summed E-state index contributed by atoms with van der Waals surface area (Å²) in [6.45, 7) is 6.50. The molecule has 3 fully saturated rings. The lowest BCUT2D eigenvalue weighted by molar-refractivity contribution is -0.134. The maximum atomic E-state index is 13.4. The second kappa shape index (κ2) is 7.42. The van der Waals surface area contributed by atoms with Gasteiger partial charge in [-0.1, -0.05) is 12.1 Å². The second-order valence-corrected chi connectivity index (χ2v) is 7.71. The van der Waals surface area contributed by atoms with Gasteiger partial charge in [-0.2, -0.15) is 0 Å². The molecule has 0 unspecified atom stereocenters. The summed E-state index contributed by atoms with van der Waals surface area (Å²) in [6, 6.07) is 6.72. The number of ether oxygens (including phenoxy) is 1. The zero-order valence-electron chi connectivity index (χ0n) is 14.7. The molecule has 4 nitrogen and oxygen atoms in total. The van der Waals surface area contributed by atoms with E-state index >= 15 is 0 Å². The van der Waals surface area contributed by atoms with Gasteiger partial charge in [0.2, 0.25) is 5.91 Å². The SMILES string of the molecule is O=C([C@@H]1C[C@H]1c1cccc(F)c1)N1CCC[C@H](CN2CCOCC2)C1. The smallest absolute Gasteiger partial charge is 0.226 e. The first kappa shape index (κ1) is 17.0. The van der Waals surface area contributed by atoms with Crippen LogP contribution in [0.2, 0.25) is 0 Å². The fourth-order valence-electron chi connectivity index (χ4n) is 4.37. The molecule has 2 aliphatic heterocycles. The van der Waals surface area contributed by atoms with Gasteiger partial charge < -0.3 is 9.64 Å². The van der Waals surface area contributed by atoms with Crippen molar-refractivity contribution in [1.82, 2.24) is 9.80 Å². The molecule has 1 aromatic carbocycles. The van der Waals surface area contributed by atoms with Crippen LogP contribution in [0.15, 0.2) is 24.3 Å². The van der Waals surface area contributed by atoms with Crippen LogP contribution >= 0.6 is 0 Å². The molecule has 1 aromatic rings. The van der Waals surface area contributed by atoms with E-state index in [-0.39, 0.29) is 23.6 Å². The number of morpholine rings is 1. The zero-order chi connectivity index (χ0) is 17.2. The number of piperidine rings is 1. The third-order valence-electron chi connectivity index (χ3n) is 5.84. The van der Waals surface area contributed by atoms with Crippen LogP contribution in [0.1, 0.15) is 30.7 Å². The normalized spacial score (nSPS) is 30.3. The Bertz CT molecular complexity index is 617. The molecule has 0 N–H and O–H groups in total. The highest BCUT2D eigenvalue weighted by Gasteiger charge is 2.46. The third-order valence-corrected chi connectivity index (χ3v) is 5.84. The lowest BCUT2D eigenvalue weighted by atomic mass is 9.96. The summed E-state index contributed by atoms with van der Waals surface area (Å²) in [5, 5.41) is 0. The van der Waals surface area contributed by atoms with E-state index < -0.39 is 0 Å². The van der Waals surface area contributed by atoms with E-state index in [9.17, 15) is 9.18 Å². The molecule has 3 aliphatic rings. The van der Waals surface area contributed by atoms with Gasteiger partial charge in [-0.05, 0) is 48.8 Å². The molecule has 136 valence electrons. The quantitative estimate of drug-likeness (QED) is 0.840. The van der Waals surface area contributed by atoms with E-state index in [0.717, 1.165) is 64.3 Å². The second-order valence-electron chi connectivity index (χ2n) is 7.71. The minimum absolute atomic E-state index is 0.0592. The molecule has 1 aliphatic carbocycles. The Morgan fingerprint density at radius 2 is 2.08 bits per heavy atom. The average Bonchev–Trinajstić information content (AvgIpc) is 3.43. The van der Waals surface area contributed by atoms with Crippen molar-refractivity contribution in [2.24, 2.45) is 11.8 Å². The van der Waals surface area contributed by atoms with Gasteiger partial charge in [-0.25, -0.2) is 4.39 Å². The molecule has 0 radical (unpaired) electrons. The molecule has 25 heavy (non-hydrogen) atoms. The predicted molar refractivity (Wildman–Crippen MR) is 93.8 cm³/mol. The predicted octanol–water partition coefficient (Wildman–Crippen LogP) is 2.50. The molecule has 0 spiro atoms. The lowest BCUT2D eigenvalue weighted by Crippen LogP contribution is -2.46. The van der Waals surface area contributed by atoms with Gasteiger partial charge in [0.05, 0.1) is 13.2 Å². The first-order valence-corrected chi connectivity index (χ1v) is 9.55. The summed E-state index contributed by atoms with van der Waals surface area (Å²) < 4.78 is 18.8. The van der Waals surface area contributed by atoms with E-state index in [1.165, 1.54) is 12.5 Å². The van der Waals surface area contributed by atoms with Gasteiger partial charge in [0.25, 0.3) is 0 Å². The summed E-state index contributed by atoms with van der Waals surface area (Å²) >= 11 is 0. The van der Waals surface area contributed by atoms with Crippen LogP contribution in [-0.4, -0.2) is 61.6 Å². The van der Waals surface area contributed by atoms with Crippen molar-refractivity contribution in [2.45, 2.75) is 25.2 Å². The Labute approximate surface area is 148 Å². The van der Waals surface area contributed by atoms with Crippen molar-refractivity contribution in [3.8, 4) is 0 Å². The fraction of sp³-hybridized carbons (Fsp3) is 0.650. The highest BCUT2D eigenvalue weighted by molar-refractivity contribution is 5.83. The van der Waals surface area contributed by atoms with Crippen molar-refractivity contribution in [1.29, 1.82) is 0 Å². The molecular formula is C20H27FN2O2. The van der Waals surface area contributed by atoms with E-state index in [0.29, 0.717) is 5.92 Å². The third kappa shape index (κ3) is 4.04. The molecule has 2 heterocycles. The van der Waals surface area contributed by atoms with Gasteiger partial charge >= 0.3 is 0 Å². The maximum absolute atomic E-state index is 13.4. The number of rotatable bonds is 4. The number of nitrogens with zero attached hydrogens (tertiary/aromatic N) is 2. The van der Waals surface area contributed by atoms with Gasteiger partial charge in [-0.15, -0.1) is 0 Å². The number of carbonyl (C=O) groups excluding carboxylic acids is 1. The molecular weight excluding hydrogens is 319 g/mol. The standard InChI is InChI=1S/C20H27FN2O2/c21-17-5-1-4-16(11-17)18-12-19(18)20(24)23-6-2-3-15(14-23)13-22-7-9-25-10-8-22/h1,4-5,11,15,18-19H,2-3,6-10,12-14H2/t15-,18+,19-/m1/s1. The van der Waals surface area contributed by atoms with Crippen LogP contribution in [0.5, 0.6) is 0 Å². The van der Waals surface area contributed by atoms with Crippen molar-refractivity contribution < 1.29 is 13.9 Å². The van der Waals surface area contributed by atoms with Crippen LogP contribution in [0.3, 0.4) is 0 Å². The Morgan fingerprint density at radius 1 is 1.24 bits per heavy atom. The number of benzene rings is 1. The average molecular weight is 346 g/mol. The van der Waals surface area contributed by atoms with Gasteiger partial charge in [0, 0.05) is 38.6 Å². The van der Waals surface area contributed by atoms with Gasteiger partial charge in [-0.3, -0.25) is 9.69 Å². The van der Waals surface area contributed by atoms with Crippen LogP contribution in [0, 0.1) is 17.7 Å². The Kier molecular flexibility index (Phi) is 5.04. The molecule has 0 bridgehead atoms. The summed E-state index contributed by atoms with van der Waals surface area (Å²) in [5.74, 6) is 0.911. The molecule has 2 saturated heterocycles. The summed E-state index contributed by atoms with van der Waals surface area (Å²) in [4.78, 5) is 17.4.